The highest BCUT2D eigenvalue weighted by atomic mass is 35.5. The smallest absolute Gasteiger partial charge is 0.339 e. The Labute approximate surface area is 144 Å². The van der Waals surface area contributed by atoms with Crippen LogP contribution in [0.15, 0.2) is 28.8 Å². The first-order chi connectivity index (χ1) is 10.8. The Morgan fingerprint density at radius 1 is 1.29 bits per heavy atom. The van der Waals surface area contributed by atoms with E-state index in [1.165, 1.54) is 12.1 Å². The number of alkyl halides is 3. The van der Waals surface area contributed by atoms with Crippen LogP contribution in [0.2, 0.25) is 0 Å². The lowest BCUT2D eigenvalue weighted by Crippen LogP contribution is -2.44. The third-order valence-electron chi connectivity index (χ3n) is 4.44. The summed E-state index contributed by atoms with van der Waals surface area (Å²) < 4.78 is 44.5. The lowest BCUT2D eigenvalue weighted by atomic mass is 9.77. The molecule has 0 saturated heterocycles. The molecule has 0 amide bonds. The molecule has 8 heteroatoms. The molecule has 132 valence electrons. The van der Waals surface area contributed by atoms with Crippen LogP contribution in [-0.4, -0.2) is 10.1 Å². The zero-order valence-electron chi connectivity index (χ0n) is 13.1. The van der Waals surface area contributed by atoms with Crippen molar-refractivity contribution >= 4 is 12.4 Å². The van der Waals surface area contributed by atoms with Crippen LogP contribution >= 0.6 is 12.4 Å². The average Bonchev–Trinajstić information content (AvgIpc) is 2.92. The Morgan fingerprint density at radius 3 is 2.54 bits per heavy atom. The summed E-state index contributed by atoms with van der Waals surface area (Å²) in [5, 5.41) is 3.89. The molecule has 2 N–H and O–H groups in total. The SMILES string of the molecule is CC(Cc1nc(C2(N)CCC2)no1)c1ccccc1C(F)(F)F.Cl. The number of hydrogen-bond donors (Lipinski definition) is 1. The highest BCUT2D eigenvalue weighted by Gasteiger charge is 2.39. The van der Waals surface area contributed by atoms with E-state index in [1.54, 1.807) is 13.0 Å². The van der Waals surface area contributed by atoms with Crippen molar-refractivity contribution in [2.45, 2.75) is 50.2 Å². The van der Waals surface area contributed by atoms with Crippen molar-refractivity contribution in [2.75, 3.05) is 0 Å². The predicted octanol–water partition coefficient (Wildman–Crippen LogP) is 4.19. The second kappa shape index (κ2) is 6.72. The molecule has 1 heterocycles. The van der Waals surface area contributed by atoms with Gasteiger partial charge in [-0.15, -0.1) is 12.4 Å². The average molecular weight is 362 g/mol. The molecule has 1 aromatic carbocycles. The van der Waals surface area contributed by atoms with Gasteiger partial charge in [-0.1, -0.05) is 30.3 Å². The van der Waals surface area contributed by atoms with Crippen LogP contribution in [0, 0.1) is 0 Å². The molecular formula is C16H19ClF3N3O. The van der Waals surface area contributed by atoms with Gasteiger partial charge in [-0.2, -0.15) is 18.2 Å². The van der Waals surface area contributed by atoms with Crippen LogP contribution in [0.4, 0.5) is 13.2 Å². The highest BCUT2D eigenvalue weighted by molar-refractivity contribution is 5.85. The van der Waals surface area contributed by atoms with Gasteiger partial charge in [0.05, 0.1) is 11.1 Å². The van der Waals surface area contributed by atoms with Crippen molar-refractivity contribution in [2.24, 2.45) is 5.73 Å². The van der Waals surface area contributed by atoms with Gasteiger partial charge in [0.1, 0.15) is 0 Å². The summed E-state index contributed by atoms with van der Waals surface area (Å²) in [5.41, 5.74) is 5.20. The molecule has 1 fully saturated rings. The first kappa shape index (κ1) is 18.7. The van der Waals surface area contributed by atoms with E-state index in [0.29, 0.717) is 11.7 Å². The quantitative estimate of drug-likeness (QED) is 0.886. The minimum Gasteiger partial charge on any atom is -0.339 e. The molecule has 0 radical (unpaired) electrons. The molecular weight excluding hydrogens is 343 g/mol. The summed E-state index contributed by atoms with van der Waals surface area (Å²) in [6.07, 6.45) is -1.50. The molecule has 2 aromatic rings. The highest BCUT2D eigenvalue weighted by Crippen LogP contribution is 2.38. The molecule has 1 unspecified atom stereocenters. The Morgan fingerprint density at radius 2 is 1.96 bits per heavy atom. The normalized spacial score (nSPS) is 17.7. The van der Waals surface area contributed by atoms with Crippen molar-refractivity contribution in [3.8, 4) is 0 Å². The maximum atomic E-state index is 13.1. The van der Waals surface area contributed by atoms with Crippen LogP contribution in [0.5, 0.6) is 0 Å². The van der Waals surface area contributed by atoms with Gasteiger partial charge in [-0.05, 0) is 36.8 Å². The molecule has 4 nitrogen and oxygen atoms in total. The molecule has 0 spiro atoms. The van der Waals surface area contributed by atoms with Crippen LogP contribution in [0.1, 0.15) is 54.9 Å². The lowest BCUT2D eigenvalue weighted by Gasteiger charge is -2.34. The molecule has 0 aliphatic heterocycles. The fourth-order valence-corrected chi connectivity index (χ4v) is 2.88. The van der Waals surface area contributed by atoms with E-state index >= 15 is 0 Å². The topological polar surface area (TPSA) is 64.9 Å². The fraction of sp³-hybridized carbons (Fsp3) is 0.500. The van der Waals surface area contributed by atoms with Crippen molar-refractivity contribution in [3.63, 3.8) is 0 Å². The van der Waals surface area contributed by atoms with Gasteiger partial charge in [0.2, 0.25) is 5.89 Å². The maximum absolute atomic E-state index is 13.1. The summed E-state index contributed by atoms with van der Waals surface area (Å²) in [6, 6.07) is 5.57. The third kappa shape index (κ3) is 3.57. The van der Waals surface area contributed by atoms with Crippen LogP contribution in [-0.2, 0) is 18.1 Å². The van der Waals surface area contributed by atoms with E-state index in [2.05, 4.69) is 10.1 Å². The largest absolute Gasteiger partial charge is 0.416 e. The van der Waals surface area contributed by atoms with Gasteiger partial charge >= 0.3 is 6.18 Å². The van der Waals surface area contributed by atoms with E-state index in [0.717, 1.165) is 25.3 Å². The summed E-state index contributed by atoms with van der Waals surface area (Å²) in [5.74, 6) is 0.382. The zero-order valence-corrected chi connectivity index (χ0v) is 14.0. The number of aromatic nitrogens is 2. The Hall–Kier alpha value is -1.60. The van der Waals surface area contributed by atoms with E-state index in [-0.39, 0.29) is 24.4 Å². The zero-order chi connectivity index (χ0) is 16.7. The number of hydrogen-bond acceptors (Lipinski definition) is 4. The number of benzene rings is 1. The van der Waals surface area contributed by atoms with Gasteiger partial charge in [0.25, 0.3) is 0 Å². The van der Waals surface area contributed by atoms with Crippen molar-refractivity contribution < 1.29 is 17.7 Å². The second-order valence-electron chi connectivity index (χ2n) is 6.21. The van der Waals surface area contributed by atoms with E-state index in [9.17, 15) is 13.2 Å². The fourth-order valence-electron chi connectivity index (χ4n) is 2.88. The first-order valence-electron chi connectivity index (χ1n) is 7.58. The minimum atomic E-state index is -4.38. The Balaban J connectivity index is 0.00000208. The molecule has 1 atom stereocenters. The van der Waals surface area contributed by atoms with Gasteiger partial charge in [-0.25, -0.2) is 0 Å². The molecule has 0 bridgehead atoms. The minimum absolute atomic E-state index is 0. The molecule has 1 aliphatic carbocycles. The number of nitrogens with zero attached hydrogens (tertiary/aromatic N) is 2. The molecule has 1 saturated carbocycles. The van der Waals surface area contributed by atoms with Crippen molar-refractivity contribution in [1.29, 1.82) is 0 Å². The standard InChI is InChI=1S/C16H18F3N3O.ClH/c1-10(11-5-2-3-6-12(11)16(17,18)19)9-13-21-14(22-23-13)15(20)7-4-8-15;/h2-3,5-6,10H,4,7-9,20H2,1H3;1H. The predicted molar refractivity (Wildman–Crippen MR) is 84.8 cm³/mol. The van der Waals surface area contributed by atoms with Gasteiger partial charge in [0, 0.05) is 6.42 Å². The second-order valence-corrected chi connectivity index (χ2v) is 6.21. The Kier molecular flexibility index (Phi) is 5.25. The summed E-state index contributed by atoms with van der Waals surface area (Å²) in [4.78, 5) is 4.28. The van der Waals surface area contributed by atoms with Crippen molar-refractivity contribution in [1.82, 2.24) is 10.1 Å². The summed E-state index contributed by atoms with van der Waals surface area (Å²) in [7, 11) is 0. The number of rotatable bonds is 4. The van der Waals surface area contributed by atoms with E-state index < -0.39 is 23.2 Å². The molecule has 1 aliphatic rings. The Bertz CT molecular complexity index is 698. The van der Waals surface area contributed by atoms with Gasteiger partial charge in [-0.3, -0.25) is 0 Å². The number of halogens is 4. The molecule has 3 rings (SSSR count). The van der Waals surface area contributed by atoms with Crippen molar-refractivity contribution in [3.05, 3.63) is 47.1 Å². The van der Waals surface area contributed by atoms with Gasteiger partial charge < -0.3 is 10.3 Å². The van der Waals surface area contributed by atoms with Crippen LogP contribution in [0.3, 0.4) is 0 Å². The maximum Gasteiger partial charge on any atom is 0.416 e. The summed E-state index contributed by atoms with van der Waals surface area (Å²) in [6.45, 7) is 1.72. The third-order valence-corrected chi connectivity index (χ3v) is 4.44. The molecule has 1 aromatic heterocycles. The number of nitrogens with two attached hydrogens (primary N) is 1. The van der Waals surface area contributed by atoms with E-state index in [4.69, 9.17) is 10.3 Å². The lowest BCUT2D eigenvalue weighted by molar-refractivity contribution is -0.138. The monoisotopic (exact) mass is 361 g/mol. The van der Waals surface area contributed by atoms with E-state index in [1.807, 2.05) is 0 Å². The summed E-state index contributed by atoms with van der Waals surface area (Å²) >= 11 is 0. The molecule has 24 heavy (non-hydrogen) atoms. The first-order valence-corrected chi connectivity index (χ1v) is 7.58. The van der Waals surface area contributed by atoms with Crippen LogP contribution < -0.4 is 5.73 Å². The van der Waals surface area contributed by atoms with Crippen LogP contribution in [0.25, 0.3) is 0 Å². The van der Waals surface area contributed by atoms with Gasteiger partial charge in [0.15, 0.2) is 5.82 Å².